The number of anilines is 6. The number of para-hydroxylation sites is 3. The number of hydrogen-bond acceptors (Lipinski definition) is 8. The third-order valence-electron chi connectivity index (χ3n) is 19.1. The van der Waals surface area contributed by atoms with Gasteiger partial charge in [-0.15, -0.1) is 0 Å². The van der Waals surface area contributed by atoms with E-state index >= 15 is 0 Å². The lowest BCUT2D eigenvalue weighted by molar-refractivity contribution is 0.213. The number of hydrogen-bond donors (Lipinski definition) is 0. The molecule has 5 aromatic heterocycles. The zero-order valence-electron chi connectivity index (χ0n) is 50.4. The van der Waals surface area contributed by atoms with Crippen molar-refractivity contribution in [2.75, 3.05) is 9.80 Å². The first kappa shape index (κ1) is 52.3. The van der Waals surface area contributed by atoms with Gasteiger partial charge in [0, 0.05) is 112 Å². The smallest absolute Gasteiger partial charge is 0.137 e. The van der Waals surface area contributed by atoms with Crippen LogP contribution >= 0.6 is 0 Å². The Kier molecular flexibility index (Phi) is 11.4. The topological polar surface area (TPSA) is 81.4 Å². The van der Waals surface area contributed by atoms with E-state index in [2.05, 4.69) is 259 Å². The summed E-state index contributed by atoms with van der Waals surface area (Å²) in [5, 5.41) is 14.0. The molecule has 13 aromatic carbocycles. The Morgan fingerprint density at radius 2 is 0.638 bits per heavy atom. The molecular weight excluding hydrogens is 1160 g/mol. The average molecular weight is 1210 g/mol. The first-order valence-electron chi connectivity index (χ1n) is 31.8. The van der Waals surface area contributed by atoms with E-state index in [-0.39, 0.29) is 12.0 Å². The largest absolute Gasteiger partial charge is 0.485 e. The summed E-state index contributed by atoms with van der Waals surface area (Å²) >= 11 is 0. The highest BCUT2D eigenvalue weighted by atomic mass is 16.5. The van der Waals surface area contributed by atoms with E-state index in [1.54, 1.807) is 0 Å². The minimum atomic E-state index is 0.0221. The second-order valence-electron chi connectivity index (χ2n) is 24.8. The summed E-state index contributed by atoms with van der Waals surface area (Å²) in [5.41, 5.74) is 15.9. The fraction of sp³-hybridized carbons (Fsp3) is 0.0233. The van der Waals surface area contributed by atoms with Crippen LogP contribution in [0.15, 0.2) is 325 Å². The Morgan fingerprint density at radius 1 is 0.245 bits per heavy atom. The number of benzene rings is 13. The molecule has 1 aliphatic carbocycles. The Balaban J connectivity index is 0.654. The summed E-state index contributed by atoms with van der Waals surface area (Å²) < 4.78 is 39.2. The maximum atomic E-state index is 6.91. The molecule has 0 radical (unpaired) electrons. The molecule has 6 heterocycles. The summed E-state index contributed by atoms with van der Waals surface area (Å²) in [6.45, 7) is 0. The van der Waals surface area contributed by atoms with Gasteiger partial charge in [-0.05, 0) is 214 Å². The molecule has 18 aromatic rings. The molecule has 20 rings (SSSR count). The summed E-state index contributed by atoms with van der Waals surface area (Å²) in [6.07, 6.45) is 10.7. The molecule has 8 nitrogen and oxygen atoms in total. The highest BCUT2D eigenvalue weighted by Gasteiger charge is 2.28. The van der Waals surface area contributed by atoms with Crippen LogP contribution in [0.4, 0.5) is 34.1 Å². The monoisotopic (exact) mass is 1210 g/mol. The predicted molar refractivity (Wildman–Crippen MR) is 383 cm³/mol. The van der Waals surface area contributed by atoms with Gasteiger partial charge in [0.05, 0.1) is 0 Å². The fourth-order valence-corrected chi connectivity index (χ4v) is 14.3. The van der Waals surface area contributed by atoms with Gasteiger partial charge in [0.2, 0.25) is 0 Å². The van der Waals surface area contributed by atoms with Gasteiger partial charge >= 0.3 is 0 Å². The Morgan fingerprint density at radius 3 is 1.13 bits per heavy atom. The summed E-state index contributed by atoms with van der Waals surface area (Å²) in [4.78, 5) is 4.60. The van der Waals surface area contributed by atoms with Gasteiger partial charge in [-0.25, -0.2) is 0 Å². The third-order valence-corrected chi connectivity index (χ3v) is 19.1. The highest BCUT2D eigenvalue weighted by Crippen LogP contribution is 2.46. The molecular formula is C86H52N2O6. The van der Waals surface area contributed by atoms with E-state index in [1.807, 2.05) is 54.6 Å². The van der Waals surface area contributed by atoms with Crippen molar-refractivity contribution >= 4 is 149 Å². The predicted octanol–water partition coefficient (Wildman–Crippen LogP) is 24.6. The molecule has 0 fully saturated rings. The summed E-state index contributed by atoms with van der Waals surface area (Å²) in [7, 11) is 0. The van der Waals surface area contributed by atoms with Crippen molar-refractivity contribution in [1.82, 2.24) is 0 Å². The second kappa shape index (κ2) is 20.5. The molecule has 94 heavy (non-hydrogen) atoms. The normalized spacial score (nSPS) is 14.7. The molecule has 0 bridgehead atoms. The second-order valence-corrected chi connectivity index (χ2v) is 24.8. The van der Waals surface area contributed by atoms with Gasteiger partial charge in [0.1, 0.15) is 68.2 Å². The maximum Gasteiger partial charge on any atom is 0.137 e. The minimum absolute atomic E-state index is 0.0221. The SMILES string of the molecule is C1=CC2C=C(c3ccc(N(c4ccc5cc(-c6cc7ccccc7o6)ccc5c4)c4ccc5c(c4)oc4cc6cc7c(cc6cc45)oc4cc(N(c5ccc(-c6cc8ccccc8o6)cc5)c5ccc6cc(-c8cc9ccccc9o8)ccc6c5)ccc47)cc3)OC2C=C1. The van der Waals surface area contributed by atoms with Gasteiger partial charge in [-0.2, -0.15) is 0 Å². The van der Waals surface area contributed by atoms with Crippen molar-refractivity contribution in [3.05, 3.63) is 309 Å². The lowest BCUT2D eigenvalue weighted by atomic mass is 9.98. The van der Waals surface area contributed by atoms with Crippen LogP contribution in [-0.2, 0) is 4.74 Å². The van der Waals surface area contributed by atoms with E-state index in [4.69, 9.17) is 26.8 Å². The van der Waals surface area contributed by atoms with E-state index in [0.29, 0.717) is 0 Å². The molecule has 0 amide bonds. The third kappa shape index (κ3) is 8.68. The Labute approximate surface area is 537 Å². The van der Waals surface area contributed by atoms with Gasteiger partial charge in [0.25, 0.3) is 0 Å². The van der Waals surface area contributed by atoms with Crippen LogP contribution in [-0.4, -0.2) is 6.10 Å². The lowest BCUT2D eigenvalue weighted by Gasteiger charge is -2.26. The van der Waals surface area contributed by atoms with Crippen LogP contribution in [0.3, 0.4) is 0 Å². The number of nitrogens with zero attached hydrogens (tertiary/aromatic N) is 2. The number of ether oxygens (including phenoxy) is 1. The molecule has 2 aliphatic rings. The van der Waals surface area contributed by atoms with Crippen molar-refractivity contribution in [3.8, 4) is 34.0 Å². The van der Waals surface area contributed by atoms with Crippen LogP contribution in [0.2, 0.25) is 0 Å². The van der Waals surface area contributed by atoms with Crippen molar-refractivity contribution < 1.29 is 26.8 Å². The summed E-state index contributed by atoms with van der Waals surface area (Å²) in [5.74, 6) is 3.65. The molecule has 442 valence electrons. The van der Waals surface area contributed by atoms with E-state index in [9.17, 15) is 0 Å². The zero-order chi connectivity index (χ0) is 61.5. The molecule has 0 saturated carbocycles. The van der Waals surface area contributed by atoms with Crippen molar-refractivity contribution in [2.24, 2.45) is 5.92 Å². The molecule has 0 spiro atoms. The molecule has 1 aliphatic heterocycles. The highest BCUT2D eigenvalue weighted by molar-refractivity contribution is 6.16. The standard InChI is InChI=1S/C86H52N2O6/c1-5-13-75-57(9-1)43-79(89-75)51-21-27-65(28-22-51)87(67-31-25-53-37-61(19-17-55(53)39-67)81-45-59-11-3-7-15-77(59)91-81)69-33-35-71-73-41-63-48-84-74(42-64(63)47-83(73)93-85(71)49-69)72-36-34-70(50-86(72)94-84)88(66-29-23-52(24-30-66)80-44-58-10-2-6-14-76(58)90-80)68-32-26-54-38-62(20-18-56(54)40-68)82-46-60-12-4-8-16-78(60)92-82/h1-50,57,75H. The van der Waals surface area contributed by atoms with Gasteiger partial charge in [0.15, 0.2) is 0 Å². The number of furan rings is 5. The number of allylic oxidation sites excluding steroid dienone is 2. The van der Waals surface area contributed by atoms with E-state index in [0.717, 1.165) is 189 Å². The maximum absolute atomic E-state index is 6.91. The van der Waals surface area contributed by atoms with Crippen LogP contribution in [0.1, 0.15) is 5.56 Å². The Bertz CT molecular complexity index is 6150. The lowest BCUT2D eigenvalue weighted by Crippen LogP contribution is -2.13. The molecule has 2 unspecified atom stereocenters. The van der Waals surface area contributed by atoms with Crippen molar-refractivity contribution in [2.45, 2.75) is 6.10 Å². The molecule has 0 N–H and O–H groups in total. The van der Waals surface area contributed by atoms with E-state index < -0.39 is 0 Å². The first-order chi connectivity index (χ1) is 46.4. The average Bonchev–Trinajstić information content (AvgIpc) is 1.58. The fourth-order valence-electron chi connectivity index (χ4n) is 14.3. The minimum Gasteiger partial charge on any atom is -0.485 e. The quantitative estimate of drug-likeness (QED) is 0.134. The van der Waals surface area contributed by atoms with Gasteiger partial charge < -0.3 is 36.6 Å². The first-order valence-corrected chi connectivity index (χ1v) is 31.8. The Hall–Kier alpha value is -12.5. The van der Waals surface area contributed by atoms with Gasteiger partial charge in [-0.1, -0.05) is 109 Å². The molecule has 0 saturated heterocycles. The van der Waals surface area contributed by atoms with Crippen LogP contribution < -0.4 is 9.80 Å². The van der Waals surface area contributed by atoms with Crippen LogP contribution in [0, 0.1) is 5.92 Å². The van der Waals surface area contributed by atoms with Crippen LogP contribution in [0.25, 0.3) is 149 Å². The van der Waals surface area contributed by atoms with Gasteiger partial charge in [-0.3, -0.25) is 0 Å². The van der Waals surface area contributed by atoms with E-state index in [1.165, 1.54) is 0 Å². The number of fused-ring (bicyclic) bond motifs is 13. The summed E-state index contributed by atoms with van der Waals surface area (Å²) in [6, 6.07) is 96.4. The molecule has 8 heteroatoms. The zero-order valence-corrected chi connectivity index (χ0v) is 50.4. The van der Waals surface area contributed by atoms with Crippen LogP contribution in [0.5, 0.6) is 0 Å². The van der Waals surface area contributed by atoms with Crippen molar-refractivity contribution in [3.63, 3.8) is 0 Å². The molecule has 2 atom stereocenters. The number of rotatable bonds is 10. The van der Waals surface area contributed by atoms with Crippen molar-refractivity contribution in [1.29, 1.82) is 0 Å².